The average Bonchev–Trinajstić information content (AvgIpc) is 2.37. The van der Waals surface area contributed by atoms with Crippen molar-refractivity contribution in [2.75, 3.05) is 25.4 Å². The van der Waals surface area contributed by atoms with E-state index in [2.05, 4.69) is 26.1 Å². The van der Waals surface area contributed by atoms with Gasteiger partial charge in [0.25, 0.3) is 5.91 Å². The maximum absolute atomic E-state index is 12.5. The number of amides is 2. The highest BCUT2D eigenvalue weighted by Gasteiger charge is 2.26. The zero-order valence-electron chi connectivity index (χ0n) is 12.2. The Labute approximate surface area is 119 Å². The highest BCUT2D eigenvalue weighted by Crippen LogP contribution is 2.30. The van der Waals surface area contributed by atoms with E-state index in [1.165, 1.54) is 4.90 Å². The summed E-state index contributed by atoms with van der Waals surface area (Å²) in [5.74, 6) is -0.307. The molecule has 0 aliphatic carbocycles. The molecule has 2 rings (SSSR count). The van der Waals surface area contributed by atoms with Crippen molar-refractivity contribution in [3.8, 4) is 0 Å². The standard InChI is InChI=1S/C15H21N3O2/c1-15(2,3)11-6-4-5-10(13(11)16)14(20)18-8-7-17-12(19)9-18/h4-6H,7-9,16H2,1-3H3,(H,17,19). The van der Waals surface area contributed by atoms with E-state index in [-0.39, 0.29) is 23.8 Å². The van der Waals surface area contributed by atoms with Gasteiger partial charge in [0.1, 0.15) is 0 Å². The maximum atomic E-state index is 12.5. The Morgan fingerprint density at radius 1 is 1.35 bits per heavy atom. The van der Waals surface area contributed by atoms with Crippen molar-refractivity contribution in [1.29, 1.82) is 0 Å². The molecule has 1 fully saturated rings. The highest BCUT2D eigenvalue weighted by atomic mass is 16.2. The number of benzene rings is 1. The molecule has 0 bridgehead atoms. The van der Waals surface area contributed by atoms with Crippen LogP contribution < -0.4 is 11.1 Å². The first-order chi connectivity index (χ1) is 9.30. The lowest BCUT2D eigenvalue weighted by Gasteiger charge is -2.28. The third-order valence-electron chi connectivity index (χ3n) is 3.47. The zero-order valence-corrected chi connectivity index (χ0v) is 12.2. The number of hydrogen-bond acceptors (Lipinski definition) is 3. The molecule has 1 aromatic carbocycles. The molecule has 0 unspecified atom stereocenters. The Bertz CT molecular complexity index is 547. The van der Waals surface area contributed by atoms with E-state index in [4.69, 9.17) is 5.73 Å². The first kappa shape index (κ1) is 14.4. The summed E-state index contributed by atoms with van der Waals surface area (Å²) in [6, 6.07) is 5.50. The van der Waals surface area contributed by atoms with Gasteiger partial charge in [-0.25, -0.2) is 0 Å². The van der Waals surface area contributed by atoms with Crippen LogP contribution in [0.1, 0.15) is 36.7 Å². The number of anilines is 1. The summed E-state index contributed by atoms with van der Waals surface area (Å²) in [6.45, 7) is 7.27. The summed E-state index contributed by atoms with van der Waals surface area (Å²) in [4.78, 5) is 25.4. The second kappa shape index (κ2) is 5.15. The van der Waals surface area contributed by atoms with E-state index in [1.807, 2.05) is 12.1 Å². The van der Waals surface area contributed by atoms with Gasteiger partial charge in [-0.2, -0.15) is 0 Å². The third kappa shape index (κ3) is 2.76. The van der Waals surface area contributed by atoms with E-state index in [0.717, 1.165) is 5.56 Å². The van der Waals surface area contributed by atoms with Gasteiger partial charge in [-0.15, -0.1) is 0 Å². The molecule has 3 N–H and O–H groups in total. The van der Waals surface area contributed by atoms with Crippen molar-refractivity contribution < 1.29 is 9.59 Å². The number of nitrogens with zero attached hydrogens (tertiary/aromatic N) is 1. The molecule has 20 heavy (non-hydrogen) atoms. The van der Waals surface area contributed by atoms with Crippen LogP contribution in [0.4, 0.5) is 5.69 Å². The molecule has 1 aliphatic rings. The lowest BCUT2D eigenvalue weighted by atomic mass is 9.84. The summed E-state index contributed by atoms with van der Waals surface area (Å²) in [5.41, 5.74) is 7.98. The van der Waals surface area contributed by atoms with E-state index >= 15 is 0 Å². The molecule has 0 radical (unpaired) electrons. The van der Waals surface area contributed by atoms with Gasteiger partial charge in [0, 0.05) is 18.8 Å². The number of rotatable bonds is 1. The van der Waals surface area contributed by atoms with Gasteiger partial charge < -0.3 is 16.0 Å². The van der Waals surface area contributed by atoms with Crippen LogP contribution in [0.2, 0.25) is 0 Å². The summed E-state index contributed by atoms with van der Waals surface area (Å²) in [5, 5.41) is 2.70. The van der Waals surface area contributed by atoms with E-state index in [9.17, 15) is 9.59 Å². The summed E-state index contributed by atoms with van der Waals surface area (Å²) in [6.07, 6.45) is 0. The molecule has 1 heterocycles. The Balaban J connectivity index is 2.33. The molecular formula is C15H21N3O2. The van der Waals surface area contributed by atoms with Crippen LogP contribution >= 0.6 is 0 Å². The van der Waals surface area contributed by atoms with Gasteiger partial charge in [0.15, 0.2) is 0 Å². The lowest BCUT2D eigenvalue weighted by Crippen LogP contribution is -2.50. The van der Waals surface area contributed by atoms with Crippen molar-refractivity contribution >= 4 is 17.5 Å². The van der Waals surface area contributed by atoms with Crippen LogP contribution in [-0.2, 0) is 10.2 Å². The zero-order chi connectivity index (χ0) is 14.9. The first-order valence-electron chi connectivity index (χ1n) is 6.75. The third-order valence-corrected chi connectivity index (χ3v) is 3.47. The first-order valence-corrected chi connectivity index (χ1v) is 6.75. The van der Waals surface area contributed by atoms with Crippen molar-refractivity contribution in [1.82, 2.24) is 10.2 Å². The number of nitrogen functional groups attached to an aromatic ring is 1. The van der Waals surface area contributed by atoms with Crippen molar-refractivity contribution in [2.45, 2.75) is 26.2 Å². The molecule has 1 saturated heterocycles. The monoisotopic (exact) mass is 275 g/mol. The van der Waals surface area contributed by atoms with Crippen LogP contribution in [0.3, 0.4) is 0 Å². The predicted molar refractivity (Wildman–Crippen MR) is 78.5 cm³/mol. The molecule has 1 aliphatic heterocycles. The fourth-order valence-corrected chi connectivity index (χ4v) is 2.39. The molecule has 108 valence electrons. The normalized spacial score (nSPS) is 15.9. The number of nitrogens with one attached hydrogen (secondary N) is 1. The van der Waals surface area contributed by atoms with Crippen LogP contribution in [0.25, 0.3) is 0 Å². The molecule has 5 nitrogen and oxygen atoms in total. The average molecular weight is 275 g/mol. The van der Waals surface area contributed by atoms with E-state index < -0.39 is 0 Å². The fourth-order valence-electron chi connectivity index (χ4n) is 2.39. The fraction of sp³-hybridized carbons (Fsp3) is 0.467. The van der Waals surface area contributed by atoms with Gasteiger partial charge in [0.2, 0.25) is 5.91 Å². The second-order valence-electron chi connectivity index (χ2n) is 6.09. The van der Waals surface area contributed by atoms with Gasteiger partial charge >= 0.3 is 0 Å². The van der Waals surface area contributed by atoms with E-state index in [0.29, 0.717) is 24.3 Å². The molecule has 0 atom stereocenters. The minimum Gasteiger partial charge on any atom is -0.398 e. The second-order valence-corrected chi connectivity index (χ2v) is 6.09. The largest absolute Gasteiger partial charge is 0.398 e. The predicted octanol–water partition coefficient (Wildman–Crippen LogP) is 1.14. The molecule has 0 saturated carbocycles. The number of hydrogen-bond donors (Lipinski definition) is 2. The van der Waals surface area contributed by atoms with Gasteiger partial charge in [0.05, 0.1) is 12.1 Å². The Morgan fingerprint density at radius 2 is 2.05 bits per heavy atom. The Kier molecular flexibility index (Phi) is 3.70. The molecule has 0 aromatic heterocycles. The van der Waals surface area contributed by atoms with E-state index in [1.54, 1.807) is 6.07 Å². The van der Waals surface area contributed by atoms with Crippen molar-refractivity contribution in [3.05, 3.63) is 29.3 Å². The molecule has 0 spiro atoms. The SMILES string of the molecule is CC(C)(C)c1cccc(C(=O)N2CCNC(=O)C2)c1N. The smallest absolute Gasteiger partial charge is 0.256 e. The number of para-hydroxylation sites is 1. The lowest BCUT2D eigenvalue weighted by molar-refractivity contribution is -0.123. The van der Waals surface area contributed by atoms with Crippen LogP contribution in [0.5, 0.6) is 0 Å². The Hall–Kier alpha value is -2.04. The number of nitrogens with two attached hydrogens (primary N) is 1. The highest BCUT2D eigenvalue weighted by molar-refractivity contribution is 6.01. The molecule has 2 amide bonds. The molecule has 1 aromatic rings. The molecular weight excluding hydrogens is 254 g/mol. The van der Waals surface area contributed by atoms with Crippen molar-refractivity contribution in [3.63, 3.8) is 0 Å². The van der Waals surface area contributed by atoms with Gasteiger partial charge in [-0.05, 0) is 17.0 Å². The summed E-state index contributed by atoms with van der Waals surface area (Å²) >= 11 is 0. The number of carbonyl (C=O) groups excluding carboxylic acids is 2. The minimum absolute atomic E-state index is 0.0953. The topological polar surface area (TPSA) is 75.4 Å². The number of piperazine rings is 1. The van der Waals surface area contributed by atoms with Crippen LogP contribution in [-0.4, -0.2) is 36.3 Å². The van der Waals surface area contributed by atoms with Gasteiger partial charge in [-0.3, -0.25) is 9.59 Å². The van der Waals surface area contributed by atoms with Gasteiger partial charge in [-0.1, -0.05) is 32.9 Å². The maximum Gasteiger partial charge on any atom is 0.256 e. The van der Waals surface area contributed by atoms with Crippen LogP contribution in [0, 0.1) is 0 Å². The quantitative estimate of drug-likeness (QED) is 0.755. The van der Waals surface area contributed by atoms with Crippen molar-refractivity contribution in [2.24, 2.45) is 0 Å². The minimum atomic E-state index is -0.177. The summed E-state index contributed by atoms with van der Waals surface area (Å²) < 4.78 is 0. The number of carbonyl (C=O) groups is 2. The Morgan fingerprint density at radius 3 is 2.65 bits per heavy atom. The summed E-state index contributed by atoms with van der Waals surface area (Å²) in [7, 11) is 0. The van der Waals surface area contributed by atoms with Crippen LogP contribution in [0.15, 0.2) is 18.2 Å². The molecule has 5 heteroatoms.